The molecule has 0 amide bonds. The standard InChI is InChI=1S/C14H10N6O5/c21-14-13(18-17-8-4-6-9(7-5-8)19(22)23)15-10-2-1-3-11(20(24)25)12(10)16-14/h1-7,17H,(H,15,18)(H,16,21). The zero-order valence-electron chi connectivity index (χ0n) is 12.4. The maximum Gasteiger partial charge on any atom is 0.295 e. The van der Waals surface area contributed by atoms with E-state index in [9.17, 15) is 25.0 Å². The third kappa shape index (κ3) is 3.19. The fraction of sp³-hybridized carbons (Fsp3) is 0. The number of rotatable bonds is 5. The number of hydrazine groups is 1. The van der Waals surface area contributed by atoms with Gasteiger partial charge in [0, 0.05) is 18.2 Å². The molecule has 126 valence electrons. The lowest BCUT2D eigenvalue weighted by Crippen LogP contribution is -2.20. The molecule has 3 aromatic rings. The van der Waals surface area contributed by atoms with E-state index in [2.05, 4.69) is 20.8 Å². The minimum absolute atomic E-state index is 0.0263. The summed E-state index contributed by atoms with van der Waals surface area (Å²) < 4.78 is 0. The Morgan fingerprint density at radius 3 is 2.32 bits per heavy atom. The van der Waals surface area contributed by atoms with Crippen molar-refractivity contribution in [1.82, 2.24) is 9.97 Å². The summed E-state index contributed by atoms with van der Waals surface area (Å²) in [6.07, 6.45) is 0. The highest BCUT2D eigenvalue weighted by Gasteiger charge is 2.15. The SMILES string of the molecule is O=c1[nH]c2c([N+](=O)[O-])cccc2nc1NNc1ccc([N+](=O)[O-])cc1. The Morgan fingerprint density at radius 1 is 0.960 bits per heavy atom. The van der Waals surface area contributed by atoms with Gasteiger partial charge in [-0.2, -0.15) is 0 Å². The van der Waals surface area contributed by atoms with Gasteiger partial charge < -0.3 is 4.98 Å². The Morgan fingerprint density at radius 2 is 1.68 bits per heavy atom. The third-order valence-electron chi connectivity index (χ3n) is 3.31. The van der Waals surface area contributed by atoms with Crippen LogP contribution >= 0.6 is 0 Å². The number of hydrogen-bond acceptors (Lipinski definition) is 8. The van der Waals surface area contributed by atoms with Crippen LogP contribution in [0.15, 0.2) is 47.3 Å². The first-order valence-electron chi connectivity index (χ1n) is 6.89. The highest BCUT2D eigenvalue weighted by atomic mass is 16.6. The zero-order valence-corrected chi connectivity index (χ0v) is 12.4. The molecule has 0 atom stereocenters. The van der Waals surface area contributed by atoms with Gasteiger partial charge in [0.15, 0.2) is 0 Å². The first-order chi connectivity index (χ1) is 12.0. The molecule has 0 fully saturated rings. The number of anilines is 2. The smallest absolute Gasteiger partial charge is 0.295 e. The number of fused-ring (bicyclic) bond motifs is 1. The van der Waals surface area contributed by atoms with Crippen molar-refractivity contribution in [3.8, 4) is 0 Å². The molecule has 0 aliphatic carbocycles. The number of nitro benzene ring substituents is 2. The Balaban J connectivity index is 1.87. The normalized spacial score (nSPS) is 10.4. The molecular formula is C14H10N6O5. The van der Waals surface area contributed by atoms with Gasteiger partial charge in [-0.3, -0.25) is 35.9 Å². The van der Waals surface area contributed by atoms with Gasteiger partial charge in [0.05, 0.1) is 21.1 Å². The number of nitro groups is 2. The average molecular weight is 342 g/mol. The summed E-state index contributed by atoms with van der Waals surface area (Å²) in [6.45, 7) is 0. The summed E-state index contributed by atoms with van der Waals surface area (Å²) in [5, 5.41) is 21.6. The van der Waals surface area contributed by atoms with E-state index in [0.29, 0.717) is 5.69 Å². The summed E-state index contributed by atoms with van der Waals surface area (Å²) in [4.78, 5) is 38.9. The van der Waals surface area contributed by atoms with Crippen molar-refractivity contribution < 1.29 is 9.85 Å². The average Bonchev–Trinajstić information content (AvgIpc) is 2.59. The number of nitrogens with zero attached hydrogens (tertiary/aromatic N) is 3. The second-order valence-electron chi connectivity index (χ2n) is 4.90. The Labute approximate surface area is 138 Å². The predicted molar refractivity (Wildman–Crippen MR) is 89.4 cm³/mol. The fourth-order valence-electron chi connectivity index (χ4n) is 2.13. The number of H-pyrrole nitrogens is 1. The number of para-hydroxylation sites is 1. The van der Waals surface area contributed by atoms with Crippen LogP contribution in [-0.4, -0.2) is 19.8 Å². The van der Waals surface area contributed by atoms with Crippen LogP contribution in [0, 0.1) is 20.2 Å². The molecule has 0 bridgehead atoms. The third-order valence-corrected chi connectivity index (χ3v) is 3.31. The van der Waals surface area contributed by atoms with Crippen LogP contribution in [0.4, 0.5) is 22.9 Å². The highest BCUT2D eigenvalue weighted by Crippen LogP contribution is 2.21. The van der Waals surface area contributed by atoms with E-state index in [0.717, 1.165) is 0 Å². The van der Waals surface area contributed by atoms with Crippen molar-refractivity contribution in [2.45, 2.75) is 0 Å². The van der Waals surface area contributed by atoms with Crippen molar-refractivity contribution in [3.63, 3.8) is 0 Å². The van der Waals surface area contributed by atoms with Crippen LogP contribution < -0.4 is 16.4 Å². The van der Waals surface area contributed by atoms with E-state index >= 15 is 0 Å². The van der Waals surface area contributed by atoms with E-state index in [1.807, 2.05) is 0 Å². The van der Waals surface area contributed by atoms with Gasteiger partial charge in [-0.1, -0.05) is 6.07 Å². The molecule has 0 unspecified atom stereocenters. The van der Waals surface area contributed by atoms with E-state index in [1.54, 1.807) is 0 Å². The number of nitrogens with one attached hydrogen (secondary N) is 3. The first-order valence-corrected chi connectivity index (χ1v) is 6.89. The molecule has 0 spiro atoms. The molecule has 11 nitrogen and oxygen atoms in total. The maximum atomic E-state index is 12.0. The number of aromatic nitrogens is 2. The van der Waals surface area contributed by atoms with Crippen LogP contribution in [0.5, 0.6) is 0 Å². The maximum absolute atomic E-state index is 12.0. The van der Waals surface area contributed by atoms with Crippen LogP contribution in [0.1, 0.15) is 0 Å². The van der Waals surface area contributed by atoms with Crippen molar-refractivity contribution in [3.05, 3.63) is 73.0 Å². The molecule has 3 N–H and O–H groups in total. The second-order valence-corrected chi connectivity index (χ2v) is 4.90. The van der Waals surface area contributed by atoms with Crippen LogP contribution in [0.2, 0.25) is 0 Å². The Kier molecular flexibility index (Phi) is 3.95. The van der Waals surface area contributed by atoms with Crippen molar-refractivity contribution >= 4 is 33.9 Å². The van der Waals surface area contributed by atoms with Gasteiger partial charge in [0.1, 0.15) is 5.52 Å². The molecule has 0 saturated heterocycles. The topological polar surface area (TPSA) is 156 Å². The largest absolute Gasteiger partial charge is 0.312 e. The van der Waals surface area contributed by atoms with Crippen molar-refractivity contribution in [2.24, 2.45) is 0 Å². The van der Waals surface area contributed by atoms with E-state index < -0.39 is 15.4 Å². The molecule has 1 aromatic heterocycles. The lowest BCUT2D eigenvalue weighted by molar-refractivity contribution is -0.384. The van der Waals surface area contributed by atoms with E-state index in [4.69, 9.17) is 0 Å². The molecular weight excluding hydrogens is 332 g/mol. The van der Waals surface area contributed by atoms with Crippen LogP contribution in [0.25, 0.3) is 11.0 Å². The first kappa shape index (κ1) is 15.9. The summed E-state index contributed by atoms with van der Waals surface area (Å²) in [5.74, 6) is -0.105. The van der Waals surface area contributed by atoms with Crippen molar-refractivity contribution in [2.75, 3.05) is 10.9 Å². The molecule has 0 saturated carbocycles. The summed E-state index contributed by atoms with van der Waals surface area (Å²) >= 11 is 0. The van der Waals surface area contributed by atoms with E-state index in [1.165, 1.54) is 42.5 Å². The van der Waals surface area contributed by atoms with Crippen molar-refractivity contribution in [1.29, 1.82) is 0 Å². The molecule has 0 aliphatic heterocycles. The lowest BCUT2D eigenvalue weighted by Gasteiger charge is -2.08. The quantitative estimate of drug-likeness (QED) is 0.470. The Bertz CT molecular complexity index is 1030. The monoisotopic (exact) mass is 342 g/mol. The lowest BCUT2D eigenvalue weighted by atomic mass is 10.2. The molecule has 3 rings (SSSR count). The highest BCUT2D eigenvalue weighted by molar-refractivity contribution is 5.84. The van der Waals surface area contributed by atoms with Gasteiger partial charge in [-0.05, 0) is 18.2 Å². The Hall–Kier alpha value is -4.02. The number of benzene rings is 2. The van der Waals surface area contributed by atoms with Gasteiger partial charge in [0.25, 0.3) is 16.9 Å². The minimum atomic E-state index is -0.656. The number of aromatic amines is 1. The molecule has 0 radical (unpaired) electrons. The molecule has 2 aromatic carbocycles. The minimum Gasteiger partial charge on any atom is -0.312 e. The fourth-order valence-corrected chi connectivity index (χ4v) is 2.13. The predicted octanol–water partition coefficient (Wildman–Crippen LogP) is 2.18. The molecule has 1 heterocycles. The molecule has 25 heavy (non-hydrogen) atoms. The van der Waals surface area contributed by atoms with Gasteiger partial charge in [-0.15, -0.1) is 0 Å². The zero-order chi connectivity index (χ0) is 18.0. The van der Waals surface area contributed by atoms with Gasteiger partial charge in [-0.25, -0.2) is 4.98 Å². The van der Waals surface area contributed by atoms with Gasteiger partial charge >= 0.3 is 0 Å². The summed E-state index contributed by atoms with van der Waals surface area (Å²) in [6, 6.07) is 9.74. The van der Waals surface area contributed by atoms with Crippen LogP contribution in [0.3, 0.4) is 0 Å². The summed E-state index contributed by atoms with van der Waals surface area (Å²) in [7, 11) is 0. The molecule has 0 aliphatic rings. The van der Waals surface area contributed by atoms with Gasteiger partial charge in [0.2, 0.25) is 5.82 Å². The van der Waals surface area contributed by atoms with Crippen LogP contribution in [-0.2, 0) is 0 Å². The summed E-state index contributed by atoms with van der Waals surface area (Å²) in [5.41, 5.74) is 5.00. The van der Waals surface area contributed by atoms with E-state index in [-0.39, 0.29) is 28.2 Å². The molecule has 11 heteroatoms. The number of hydrogen-bond donors (Lipinski definition) is 3. The number of non-ortho nitro benzene ring substituents is 2. The second kappa shape index (κ2) is 6.23.